The topological polar surface area (TPSA) is 92.4 Å². The molecule has 1 aliphatic rings. The van der Waals surface area contributed by atoms with Gasteiger partial charge in [-0.1, -0.05) is 84.9 Å². The fourth-order valence-corrected chi connectivity index (χ4v) is 7.06. The number of esters is 1. The van der Waals surface area contributed by atoms with Crippen molar-refractivity contribution in [3.8, 4) is 11.3 Å². The van der Waals surface area contributed by atoms with E-state index in [1.54, 1.807) is 6.20 Å². The van der Waals surface area contributed by atoms with E-state index in [9.17, 15) is 13.2 Å². The van der Waals surface area contributed by atoms with Gasteiger partial charge in [-0.3, -0.25) is 0 Å². The molecule has 8 heteroatoms. The van der Waals surface area contributed by atoms with Gasteiger partial charge in [0.1, 0.15) is 0 Å². The van der Waals surface area contributed by atoms with Crippen molar-refractivity contribution in [3.63, 3.8) is 0 Å². The van der Waals surface area contributed by atoms with E-state index in [4.69, 9.17) is 9.72 Å². The quantitative estimate of drug-likeness (QED) is 0.212. The number of pyridine rings is 1. The summed E-state index contributed by atoms with van der Waals surface area (Å²) in [5.74, 6) is 0.202. The summed E-state index contributed by atoms with van der Waals surface area (Å²) < 4.78 is 29.9. The van der Waals surface area contributed by atoms with Gasteiger partial charge >= 0.3 is 5.97 Å². The summed E-state index contributed by atoms with van der Waals surface area (Å²) in [6, 6.07) is 29.9. The molecule has 0 aliphatic heterocycles. The van der Waals surface area contributed by atoms with E-state index >= 15 is 0 Å². The first-order valence-corrected chi connectivity index (χ1v) is 15.4. The Morgan fingerprint density at radius 1 is 0.927 bits per heavy atom. The molecule has 2 heterocycles. The van der Waals surface area contributed by atoms with Gasteiger partial charge in [0.15, 0.2) is 15.7 Å². The molecule has 0 saturated heterocycles. The lowest BCUT2D eigenvalue weighted by molar-refractivity contribution is 0.0602. The molecule has 2 aromatic heterocycles. The number of aromatic amines is 1. The van der Waals surface area contributed by atoms with Crippen LogP contribution in [-0.4, -0.2) is 37.7 Å². The zero-order valence-electron chi connectivity index (χ0n) is 23.0. The zero-order chi connectivity index (χ0) is 28.6. The number of hydrogen-bond acceptors (Lipinski definition) is 6. The number of benzene rings is 3. The third-order valence-electron chi connectivity index (χ3n) is 7.91. The Morgan fingerprint density at radius 2 is 1.51 bits per heavy atom. The molecule has 0 radical (unpaired) electrons. The number of ether oxygens (including phenoxy) is 1. The molecule has 0 unspecified atom stereocenters. The number of aromatic nitrogens is 2. The Hall–Kier alpha value is -4.43. The molecule has 1 fully saturated rings. The van der Waals surface area contributed by atoms with Crippen molar-refractivity contribution in [1.82, 2.24) is 9.97 Å². The Labute approximate surface area is 239 Å². The van der Waals surface area contributed by atoms with E-state index in [1.165, 1.54) is 13.4 Å². The molecule has 1 N–H and O–H groups in total. The van der Waals surface area contributed by atoms with Crippen LogP contribution < -0.4 is 4.90 Å². The predicted octanol–water partition coefficient (Wildman–Crippen LogP) is 6.26. The highest BCUT2D eigenvalue weighted by molar-refractivity contribution is 7.92. The maximum absolute atomic E-state index is 12.9. The van der Waals surface area contributed by atoms with Crippen molar-refractivity contribution in [2.75, 3.05) is 18.3 Å². The van der Waals surface area contributed by atoms with Crippen LogP contribution in [0.25, 0.3) is 22.2 Å². The summed E-state index contributed by atoms with van der Waals surface area (Å²) in [5.41, 5.74) is 5.57. The fourth-order valence-electron chi connectivity index (χ4n) is 5.64. The van der Waals surface area contributed by atoms with Gasteiger partial charge in [0, 0.05) is 42.2 Å². The van der Waals surface area contributed by atoms with Crippen LogP contribution in [0.2, 0.25) is 0 Å². The predicted molar refractivity (Wildman–Crippen MR) is 161 cm³/mol. The highest BCUT2D eigenvalue weighted by Crippen LogP contribution is 2.55. The molecular weight excluding hydrogens is 534 g/mol. The minimum atomic E-state index is -3.33. The molecule has 1 aliphatic carbocycles. The number of carbonyl (C=O) groups excluding carboxylic acids is 1. The highest BCUT2D eigenvalue weighted by Gasteiger charge is 2.54. The van der Waals surface area contributed by atoms with Crippen LogP contribution in [-0.2, 0) is 32.4 Å². The number of nitrogens with zero attached hydrogens (tertiary/aromatic N) is 2. The Kier molecular flexibility index (Phi) is 6.87. The maximum Gasteiger partial charge on any atom is 0.340 e. The summed E-state index contributed by atoms with van der Waals surface area (Å²) in [6.45, 7) is 1.19. The molecular formula is C33H31N3O4S. The Morgan fingerprint density at radius 3 is 2.07 bits per heavy atom. The lowest BCUT2D eigenvalue weighted by Crippen LogP contribution is -2.24. The number of H-pyrrole nitrogens is 1. The molecule has 3 aromatic carbocycles. The largest absolute Gasteiger partial charge is 0.465 e. The normalized spacial score (nSPS) is 14.1. The van der Waals surface area contributed by atoms with E-state index in [1.807, 2.05) is 66.7 Å². The van der Waals surface area contributed by atoms with Crippen LogP contribution in [0.4, 0.5) is 5.82 Å². The van der Waals surface area contributed by atoms with Crippen LogP contribution in [0.5, 0.6) is 0 Å². The van der Waals surface area contributed by atoms with Crippen molar-refractivity contribution in [2.24, 2.45) is 0 Å². The maximum atomic E-state index is 12.9. The third-order valence-corrected chi connectivity index (χ3v) is 9.95. The Bertz CT molecular complexity index is 1790. The van der Waals surface area contributed by atoms with Gasteiger partial charge in [0.05, 0.1) is 22.9 Å². The van der Waals surface area contributed by atoms with Gasteiger partial charge in [-0.05, 0) is 35.6 Å². The van der Waals surface area contributed by atoms with Crippen LogP contribution in [0, 0.1) is 0 Å². The van der Waals surface area contributed by atoms with Crippen LogP contribution in [0.15, 0.2) is 97.2 Å². The number of anilines is 1. The SMILES string of the molecule is COC(=O)c1cnc(N(Cc2ccccc2)Cc2ccccc2)c2[nH]c(-c3ccccc3C3(S(C)(=O)=O)CC3)cc12. The standard InChI is InChI=1S/C33H31N3O4S/c1-40-32(37)27-20-34-31(36(21-23-11-5-3-6-12-23)22-24-13-7-4-8-14-24)30-26(27)19-29(35-30)25-15-9-10-16-28(25)33(17-18-33)41(2,38)39/h3-16,19-20,35H,17-18,21-22H2,1-2H3. The smallest absolute Gasteiger partial charge is 0.340 e. The molecule has 41 heavy (non-hydrogen) atoms. The average molecular weight is 566 g/mol. The van der Waals surface area contributed by atoms with Crippen LogP contribution in [0.1, 0.15) is 39.9 Å². The first kappa shape index (κ1) is 26.8. The molecule has 7 nitrogen and oxygen atoms in total. The summed E-state index contributed by atoms with van der Waals surface area (Å²) in [7, 11) is -1.98. The minimum Gasteiger partial charge on any atom is -0.465 e. The second-order valence-electron chi connectivity index (χ2n) is 10.6. The van der Waals surface area contributed by atoms with Crippen molar-refractivity contribution in [2.45, 2.75) is 30.7 Å². The van der Waals surface area contributed by atoms with Crippen LogP contribution >= 0.6 is 0 Å². The third kappa shape index (κ3) is 5.00. The number of fused-ring (bicyclic) bond motifs is 1. The number of rotatable bonds is 9. The molecule has 0 atom stereocenters. The molecule has 0 spiro atoms. The van der Waals surface area contributed by atoms with Crippen LogP contribution in [0.3, 0.4) is 0 Å². The Balaban J connectivity index is 1.54. The van der Waals surface area contributed by atoms with Gasteiger partial charge in [0.2, 0.25) is 0 Å². The van der Waals surface area contributed by atoms with Gasteiger partial charge in [-0.2, -0.15) is 0 Å². The molecule has 0 bridgehead atoms. The lowest BCUT2D eigenvalue weighted by atomic mass is 10.00. The molecule has 1 saturated carbocycles. The number of hydrogen-bond donors (Lipinski definition) is 1. The second kappa shape index (κ2) is 10.5. The van der Waals surface area contributed by atoms with E-state index < -0.39 is 20.6 Å². The first-order valence-electron chi connectivity index (χ1n) is 13.5. The van der Waals surface area contributed by atoms with E-state index in [0.717, 1.165) is 27.9 Å². The van der Waals surface area contributed by atoms with E-state index in [-0.39, 0.29) is 0 Å². The first-order chi connectivity index (χ1) is 19.8. The van der Waals surface area contributed by atoms with Gasteiger partial charge < -0.3 is 14.6 Å². The fraction of sp³-hybridized carbons (Fsp3) is 0.212. The summed E-state index contributed by atoms with van der Waals surface area (Å²) in [4.78, 5) is 23.3. The number of carbonyl (C=O) groups is 1. The second-order valence-corrected chi connectivity index (χ2v) is 12.9. The van der Waals surface area contributed by atoms with E-state index in [2.05, 4.69) is 34.1 Å². The number of sulfone groups is 1. The van der Waals surface area contributed by atoms with Crippen molar-refractivity contribution >= 4 is 32.5 Å². The summed E-state index contributed by atoms with van der Waals surface area (Å²) >= 11 is 0. The van der Waals surface area contributed by atoms with Gasteiger partial charge in [0.25, 0.3) is 0 Å². The summed E-state index contributed by atoms with van der Waals surface area (Å²) in [5, 5.41) is 0.668. The lowest BCUT2D eigenvalue weighted by Gasteiger charge is -2.25. The van der Waals surface area contributed by atoms with E-state index in [0.29, 0.717) is 48.2 Å². The summed E-state index contributed by atoms with van der Waals surface area (Å²) in [6.07, 6.45) is 4.05. The highest BCUT2D eigenvalue weighted by atomic mass is 32.2. The average Bonchev–Trinajstić information content (AvgIpc) is 3.70. The van der Waals surface area contributed by atoms with Gasteiger partial charge in [-0.15, -0.1) is 0 Å². The molecule has 6 rings (SSSR count). The molecule has 0 amide bonds. The van der Waals surface area contributed by atoms with Crippen molar-refractivity contribution in [3.05, 3.63) is 119 Å². The zero-order valence-corrected chi connectivity index (χ0v) is 23.8. The number of methoxy groups -OCH3 is 1. The minimum absolute atomic E-state index is 0.342. The van der Waals surface area contributed by atoms with Crippen molar-refractivity contribution in [1.29, 1.82) is 0 Å². The number of nitrogens with one attached hydrogen (secondary N) is 1. The monoisotopic (exact) mass is 565 g/mol. The molecule has 5 aromatic rings. The van der Waals surface area contributed by atoms with Crippen molar-refractivity contribution < 1.29 is 17.9 Å². The van der Waals surface area contributed by atoms with Gasteiger partial charge in [-0.25, -0.2) is 18.2 Å². The molecule has 208 valence electrons.